The summed E-state index contributed by atoms with van der Waals surface area (Å²) in [5.41, 5.74) is 2.60. The van der Waals surface area contributed by atoms with Crippen molar-refractivity contribution in [2.24, 2.45) is 0 Å². The van der Waals surface area contributed by atoms with Gasteiger partial charge in [-0.1, -0.05) is 60.7 Å². The number of imidazole rings is 1. The number of nitrogens with zero attached hydrogens (tertiary/aromatic N) is 1. The van der Waals surface area contributed by atoms with Crippen molar-refractivity contribution in [2.75, 3.05) is 0 Å². The number of rotatable bonds is 4. The van der Waals surface area contributed by atoms with Gasteiger partial charge < -0.3 is 10.1 Å². The summed E-state index contributed by atoms with van der Waals surface area (Å²) in [6, 6.07) is 25.9. The molecule has 0 unspecified atom stereocenters. The maximum absolute atomic E-state index is 12.1. The highest BCUT2D eigenvalue weighted by Crippen LogP contribution is 2.34. The summed E-state index contributed by atoms with van der Waals surface area (Å²) in [7, 11) is 0. The Hall–Kier alpha value is -3.57. The van der Waals surface area contributed by atoms with Gasteiger partial charge in [0.2, 0.25) is 0 Å². The molecule has 0 aliphatic carbocycles. The highest BCUT2D eigenvalue weighted by molar-refractivity contribution is 8.04. The molecule has 1 heterocycles. The third-order valence-electron chi connectivity index (χ3n) is 4.87. The summed E-state index contributed by atoms with van der Waals surface area (Å²) >= 11 is 1.13. The van der Waals surface area contributed by atoms with Gasteiger partial charge in [-0.05, 0) is 63.1 Å². The predicted octanol–water partition coefficient (Wildman–Crippen LogP) is 6.09. The van der Waals surface area contributed by atoms with Crippen LogP contribution in [0.3, 0.4) is 0 Å². The number of carbonyl (C=O) groups is 1. The van der Waals surface area contributed by atoms with Crippen LogP contribution in [0.5, 0.6) is 0 Å². The fourth-order valence-corrected chi connectivity index (χ4v) is 4.33. The fraction of sp³-hybridized carbons (Fsp3) is 0. The summed E-state index contributed by atoms with van der Waals surface area (Å²) in [6.07, 6.45) is 1.75. The second-order valence-corrected chi connectivity index (χ2v) is 7.74. The van der Waals surface area contributed by atoms with Crippen LogP contribution in [-0.2, 0) is 4.79 Å². The lowest BCUT2D eigenvalue weighted by atomic mass is 9.96. The maximum atomic E-state index is 12.1. The third kappa shape index (κ3) is 3.26. The van der Waals surface area contributed by atoms with E-state index in [2.05, 4.69) is 16.0 Å². The maximum Gasteiger partial charge on any atom is 0.342 e. The normalized spacial score (nSPS) is 12.1. The Balaban J connectivity index is 1.69. The summed E-state index contributed by atoms with van der Waals surface area (Å²) < 4.78 is 0. The zero-order valence-corrected chi connectivity index (χ0v) is 16.1. The van der Waals surface area contributed by atoms with Crippen molar-refractivity contribution in [1.29, 1.82) is 0 Å². The van der Waals surface area contributed by atoms with Gasteiger partial charge in [0.25, 0.3) is 0 Å². The summed E-state index contributed by atoms with van der Waals surface area (Å²) in [4.78, 5) is 20.0. The van der Waals surface area contributed by atoms with E-state index in [0.717, 1.165) is 49.9 Å². The number of aliphatic carboxylic acids is 1. The summed E-state index contributed by atoms with van der Waals surface area (Å²) in [5.74, 6) is -0.979. The van der Waals surface area contributed by atoms with Crippen molar-refractivity contribution in [1.82, 2.24) is 9.97 Å². The lowest BCUT2D eigenvalue weighted by Crippen LogP contribution is -1.98. The zero-order chi connectivity index (χ0) is 19.8. The number of hydrogen-bond donors (Lipinski definition) is 2. The number of benzene rings is 4. The Labute approximate surface area is 170 Å². The first-order chi connectivity index (χ1) is 14.2. The molecule has 0 saturated heterocycles. The molecular weight excluding hydrogens is 380 g/mol. The smallest absolute Gasteiger partial charge is 0.342 e. The fourth-order valence-electron chi connectivity index (χ4n) is 3.55. The molecule has 2 N–H and O–H groups in total. The second-order valence-electron chi connectivity index (χ2n) is 6.71. The molecule has 0 radical (unpaired) electrons. The third-order valence-corrected chi connectivity index (χ3v) is 5.77. The molecule has 4 nitrogen and oxygen atoms in total. The number of carboxylic acid groups (broad SMARTS) is 1. The molecule has 0 atom stereocenters. The molecule has 0 aliphatic rings. The minimum atomic E-state index is -0.979. The Morgan fingerprint density at radius 2 is 1.52 bits per heavy atom. The first-order valence-corrected chi connectivity index (χ1v) is 9.99. The van der Waals surface area contributed by atoms with E-state index in [0.29, 0.717) is 5.16 Å². The van der Waals surface area contributed by atoms with Crippen molar-refractivity contribution in [3.8, 4) is 0 Å². The largest absolute Gasteiger partial charge is 0.477 e. The Bertz CT molecular complexity index is 1330. The van der Waals surface area contributed by atoms with E-state index >= 15 is 0 Å². The quantitative estimate of drug-likeness (QED) is 0.219. The predicted molar refractivity (Wildman–Crippen MR) is 119 cm³/mol. The van der Waals surface area contributed by atoms with Gasteiger partial charge in [-0.15, -0.1) is 0 Å². The number of nitrogens with one attached hydrogen (secondary N) is 1. The van der Waals surface area contributed by atoms with E-state index in [-0.39, 0.29) is 4.91 Å². The van der Waals surface area contributed by atoms with E-state index < -0.39 is 5.97 Å². The molecule has 29 heavy (non-hydrogen) atoms. The van der Waals surface area contributed by atoms with Gasteiger partial charge >= 0.3 is 5.97 Å². The SMILES string of the molecule is O=C(O)/C(=C/c1c2ccccc2cc2ccccc12)Sc1nc2ccccc2[nH]1. The monoisotopic (exact) mass is 396 g/mol. The van der Waals surface area contributed by atoms with E-state index in [9.17, 15) is 9.90 Å². The summed E-state index contributed by atoms with van der Waals surface area (Å²) in [5, 5.41) is 14.6. The van der Waals surface area contributed by atoms with Gasteiger partial charge in [0.05, 0.1) is 11.0 Å². The lowest BCUT2D eigenvalue weighted by Gasteiger charge is -2.09. The first-order valence-electron chi connectivity index (χ1n) is 9.17. The molecule has 0 bridgehead atoms. The number of hydrogen-bond acceptors (Lipinski definition) is 3. The van der Waals surface area contributed by atoms with Crippen LogP contribution in [0.2, 0.25) is 0 Å². The average Bonchev–Trinajstić information content (AvgIpc) is 3.15. The molecule has 4 aromatic carbocycles. The number of carboxylic acids is 1. The van der Waals surface area contributed by atoms with Crippen LogP contribution in [0.4, 0.5) is 0 Å². The molecule has 0 amide bonds. The molecule has 5 heteroatoms. The van der Waals surface area contributed by atoms with Crippen LogP contribution >= 0.6 is 11.8 Å². The number of fused-ring (bicyclic) bond motifs is 3. The number of aromatic nitrogens is 2. The molecular formula is C24H16N2O2S. The van der Waals surface area contributed by atoms with Crippen LogP contribution in [-0.4, -0.2) is 21.0 Å². The van der Waals surface area contributed by atoms with Crippen molar-refractivity contribution in [3.05, 3.63) is 89.3 Å². The van der Waals surface area contributed by atoms with Gasteiger partial charge in [-0.2, -0.15) is 0 Å². The minimum Gasteiger partial charge on any atom is -0.477 e. The van der Waals surface area contributed by atoms with E-state index in [1.807, 2.05) is 72.8 Å². The van der Waals surface area contributed by atoms with Gasteiger partial charge in [0.15, 0.2) is 5.16 Å². The number of H-pyrrole nitrogens is 1. The molecule has 0 saturated carbocycles. The molecule has 0 fully saturated rings. The van der Waals surface area contributed by atoms with Crippen molar-refractivity contribution < 1.29 is 9.90 Å². The molecule has 1 aromatic heterocycles. The van der Waals surface area contributed by atoms with Crippen LogP contribution in [0.25, 0.3) is 38.7 Å². The second kappa shape index (κ2) is 7.11. The topological polar surface area (TPSA) is 66.0 Å². The van der Waals surface area contributed by atoms with E-state index in [1.54, 1.807) is 6.08 Å². The van der Waals surface area contributed by atoms with Crippen LogP contribution in [0, 0.1) is 0 Å². The van der Waals surface area contributed by atoms with Crippen LogP contribution in [0.1, 0.15) is 5.56 Å². The molecule has 5 rings (SSSR count). The van der Waals surface area contributed by atoms with Crippen molar-refractivity contribution >= 4 is 56.4 Å². The first kappa shape index (κ1) is 17.5. The Morgan fingerprint density at radius 3 is 2.17 bits per heavy atom. The van der Waals surface area contributed by atoms with Gasteiger partial charge in [-0.3, -0.25) is 0 Å². The average molecular weight is 396 g/mol. The van der Waals surface area contributed by atoms with Crippen molar-refractivity contribution in [3.63, 3.8) is 0 Å². The van der Waals surface area contributed by atoms with E-state index in [4.69, 9.17) is 0 Å². The lowest BCUT2D eigenvalue weighted by molar-refractivity contribution is -0.131. The molecule has 140 valence electrons. The number of aromatic amines is 1. The van der Waals surface area contributed by atoms with Gasteiger partial charge in [0, 0.05) is 0 Å². The Morgan fingerprint density at radius 1 is 0.897 bits per heavy atom. The summed E-state index contributed by atoms with van der Waals surface area (Å²) in [6.45, 7) is 0. The van der Waals surface area contributed by atoms with Gasteiger partial charge in [0.1, 0.15) is 4.91 Å². The zero-order valence-electron chi connectivity index (χ0n) is 15.3. The van der Waals surface area contributed by atoms with Crippen molar-refractivity contribution in [2.45, 2.75) is 5.16 Å². The Kier molecular flexibility index (Phi) is 4.30. The van der Waals surface area contributed by atoms with Crippen LogP contribution < -0.4 is 0 Å². The van der Waals surface area contributed by atoms with E-state index in [1.165, 1.54) is 0 Å². The highest BCUT2D eigenvalue weighted by atomic mass is 32.2. The molecule has 0 spiro atoms. The number of para-hydroxylation sites is 2. The molecule has 5 aromatic rings. The molecule has 0 aliphatic heterocycles. The highest BCUT2D eigenvalue weighted by Gasteiger charge is 2.15. The minimum absolute atomic E-state index is 0.213. The standard InChI is InChI=1S/C24H16N2O2S/c27-23(28)22(29-24-25-20-11-5-6-12-21(20)26-24)14-19-17-9-3-1-7-15(17)13-16-8-2-4-10-18(16)19/h1-14H,(H,25,26)(H,27,28)/b22-14-. The van der Waals surface area contributed by atoms with Crippen LogP contribution in [0.15, 0.2) is 88.9 Å². The number of thioether (sulfide) groups is 1. The van der Waals surface area contributed by atoms with Gasteiger partial charge in [-0.25, -0.2) is 9.78 Å².